The molecule has 0 saturated carbocycles. The number of nitrogens with one attached hydrogen (secondary N) is 1. The second kappa shape index (κ2) is 7.63. The van der Waals surface area contributed by atoms with Crippen molar-refractivity contribution in [3.05, 3.63) is 66.5 Å². The van der Waals surface area contributed by atoms with Crippen LogP contribution >= 0.6 is 55.1 Å². The molecular formula is C15H11Br2Cl2NO. The van der Waals surface area contributed by atoms with E-state index in [-0.39, 0.29) is 5.91 Å². The van der Waals surface area contributed by atoms with Gasteiger partial charge < -0.3 is 5.32 Å². The summed E-state index contributed by atoms with van der Waals surface area (Å²) in [5, 5.41) is 4.09. The summed E-state index contributed by atoms with van der Waals surface area (Å²) in [5.74, 6) is -0.123. The molecule has 0 aliphatic carbocycles. The molecule has 0 atom stereocenters. The summed E-state index contributed by atoms with van der Waals surface area (Å²) in [7, 11) is 0. The molecule has 0 fully saturated rings. The van der Waals surface area contributed by atoms with E-state index in [1.54, 1.807) is 24.3 Å². The molecule has 0 radical (unpaired) electrons. The first-order valence-corrected chi connectivity index (χ1v) is 8.48. The minimum Gasteiger partial charge on any atom is -0.352 e. The van der Waals surface area contributed by atoms with Gasteiger partial charge in [0.2, 0.25) is 0 Å². The third-order valence-corrected chi connectivity index (χ3v) is 4.32. The highest BCUT2D eigenvalue weighted by Crippen LogP contribution is 2.22. The van der Waals surface area contributed by atoms with Crippen molar-refractivity contribution in [2.75, 3.05) is 6.54 Å². The van der Waals surface area contributed by atoms with Crippen LogP contribution in [0.25, 0.3) is 0 Å². The zero-order valence-electron chi connectivity index (χ0n) is 10.8. The third-order valence-electron chi connectivity index (χ3n) is 2.82. The van der Waals surface area contributed by atoms with Crippen molar-refractivity contribution in [1.82, 2.24) is 5.32 Å². The summed E-state index contributed by atoms with van der Waals surface area (Å²) in [6.07, 6.45) is 0.650. The predicted octanol–water partition coefficient (Wildman–Crippen LogP) is 5.49. The van der Waals surface area contributed by atoms with Crippen LogP contribution in [0, 0.1) is 0 Å². The Morgan fingerprint density at radius 1 is 1.05 bits per heavy atom. The lowest BCUT2D eigenvalue weighted by molar-refractivity contribution is 0.0954. The third kappa shape index (κ3) is 4.99. The van der Waals surface area contributed by atoms with E-state index >= 15 is 0 Å². The van der Waals surface area contributed by atoms with Crippen LogP contribution in [-0.2, 0) is 6.42 Å². The maximum Gasteiger partial charge on any atom is 0.251 e. The van der Waals surface area contributed by atoms with Gasteiger partial charge in [0.05, 0.1) is 0 Å². The highest BCUT2D eigenvalue weighted by molar-refractivity contribution is 9.11. The summed E-state index contributed by atoms with van der Waals surface area (Å²) >= 11 is 18.7. The molecule has 2 aromatic carbocycles. The van der Waals surface area contributed by atoms with Gasteiger partial charge in [-0.05, 0) is 42.3 Å². The first-order chi connectivity index (χ1) is 9.95. The van der Waals surface area contributed by atoms with E-state index in [0.29, 0.717) is 28.6 Å². The topological polar surface area (TPSA) is 29.1 Å². The average Bonchev–Trinajstić information content (AvgIpc) is 2.40. The molecule has 1 amide bonds. The quantitative estimate of drug-likeness (QED) is 0.654. The largest absolute Gasteiger partial charge is 0.352 e. The van der Waals surface area contributed by atoms with Gasteiger partial charge in [-0.2, -0.15) is 0 Å². The Bertz CT molecular complexity index is 656. The average molecular weight is 452 g/mol. The number of carbonyl (C=O) groups is 1. The standard InChI is InChI=1S/C15H11Br2Cl2NO/c16-11-5-10(6-12(17)7-11)15(21)20-4-3-9-1-2-13(18)8-14(9)19/h1-2,5-8H,3-4H2,(H,20,21). The Kier molecular flexibility index (Phi) is 6.11. The van der Waals surface area contributed by atoms with E-state index in [1.807, 2.05) is 12.1 Å². The maximum absolute atomic E-state index is 12.1. The molecule has 21 heavy (non-hydrogen) atoms. The second-order valence-electron chi connectivity index (χ2n) is 4.40. The molecule has 0 aromatic heterocycles. The van der Waals surface area contributed by atoms with Crippen molar-refractivity contribution < 1.29 is 4.79 Å². The summed E-state index contributed by atoms with van der Waals surface area (Å²) in [6.45, 7) is 0.504. The lowest BCUT2D eigenvalue weighted by Crippen LogP contribution is -2.25. The summed E-state index contributed by atoms with van der Waals surface area (Å²) < 4.78 is 1.70. The van der Waals surface area contributed by atoms with Crippen molar-refractivity contribution in [3.63, 3.8) is 0 Å². The van der Waals surface area contributed by atoms with E-state index in [0.717, 1.165) is 14.5 Å². The Balaban J connectivity index is 1.95. The fourth-order valence-corrected chi connectivity index (χ4v) is 3.62. The van der Waals surface area contributed by atoms with Gasteiger partial charge in [-0.1, -0.05) is 61.1 Å². The van der Waals surface area contributed by atoms with Gasteiger partial charge in [-0.15, -0.1) is 0 Å². The predicted molar refractivity (Wildman–Crippen MR) is 94.3 cm³/mol. The van der Waals surface area contributed by atoms with Gasteiger partial charge in [0.15, 0.2) is 0 Å². The van der Waals surface area contributed by atoms with Crippen LogP contribution in [0.2, 0.25) is 10.0 Å². The fourth-order valence-electron chi connectivity index (χ4n) is 1.82. The van der Waals surface area contributed by atoms with Crippen LogP contribution in [-0.4, -0.2) is 12.5 Å². The summed E-state index contributed by atoms with van der Waals surface area (Å²) in [6, 6.07) is 10.8. The van der Waals surface area contributed by atoms with E-state index in [1.165, 1.54) is 0 Å². The molecule has 2 aromatic rings. The zero-order chi connectivity index (χ0) is 15.4. The number of halogens is 4. The summed E-state index contributed by atoms with van der Waals surface area (Å²) in [5.41, 5.74) is 1.55. The van der Waals surface area contributed by atoms with Crippen molar-refractivity contribution in [2.45, 2.75) is 6.42 Å². The highest BCUT2D eigenvalue weighted by atomic mass is 79.9. The van der Waals surface area contributed by atoms with Crippen molar-refractivity contribution >= 4 is 61.0 Å². The van der Waals surface area contributed by atoms with Crippen LogP contribution in [0.3, 0.4) is 0 Å². The Morgan fingerprint density at radius 2 is 1.71 bits per heavy atom. The Morgan fingerprint density at radius 3 is 2.33 bits per heavy atom. The molecule has 1 N–H and O–H groups in total. The molecule has 6 heteroatoms. The highest BCUT2D eigenvalue weighted by Gasteiger charge is 2.08. The van der Waals surface area contributed by atoms with Crippen LogP contribution in [0.4, 0.5) is 0 Å². The molecule has 2 rings (SSSR count). The van der Waals surface area contributed by atoms with Crippen molar-refractivity contribution in [1.29, 1.82) is 0 Å². The second-order valence-corrected chi connectivity index (χ2v) is 7.07. The van der Waals surface area contributed by atoms with E-state index < -0.39 is 0 Å². The van der Waals surface area contributed by atoms with Crippen LogP contribution < -0.4 is 5.32 Å². The first-order valence-electron chi connectivity index (χ1n) is 6.14. The van der Waals surface area contributed by atoms with Crippen LogP contribution in [0.1, 0.15) is 15.9 Å². The van der Waals surface area contributed by atoms with Gasteiger partial charge in [0.1, 0.15) is 0 Å². The minimum absolute atomic E-state index is 0.123. The lowest BCUT2D eigenvalue weighted by Gasteiger charge is -2.08. The van der Waals surface area contributed by atoms with Gasteiger partial charge in [-0.3, -0.25) is 4.79 Å². The van der Waals surface area contributed by atoms with Gasteiger partial charge in [0.25, 0.3) is 5.91 Å². The number of hydrogen-bond donors (Lipinski definition) is 1. The first kappa shape index (κ1) is 16.8. The Labute approximate surface area is 150 Å². The lowest BCUT2D eigenvalue weighted by atomic mass is 10.1. The number of rotatable bonds is 4. The fraction of sp³-hybridized carbons (Fsp3) is 0.133. The van der Waals surface area contributed by atoms with Gasteiger partial charge >= 0.3 is 0 Å². The minimum atomic E-state index is -0.123. The molecule has 0 spiro atoms. The maximum atomic E-state index is 12.1. The van der Waals surface area contributed by atoms with Gasteiger partial charge in [-0.25, -0.2) is 0 Å². The molecule has 0 unspecified atom stereocenters. The number of hydrogen-bond acceptors (Lipinski definition) is 1. The van der Waals surface area contributed by atoms with Crippen molar-refractivity contribution in [3.8, 4) is 0 Å². The molecule has 0 bridgehead atoms. The normalized spacial score (nSPS) is 10.5. The smallest absolute Gasteiger partial charge is 0.251 e. The van der Waals surface area contributed by atoms with Gasteiger partial charge in [0, 0.05) is 31.1 Å². The van der Waals surface area contributed by atoms with E-state index in [4.69, 9.17) is 23.2 Å². The number of benzene rings is 2. The number of amides is 1. The molecule has 0 aliphatic rings. The summed E-state index contributed by atoms with van der Waals surface area (Å²) in [4.78, 5) is 12.1. The molecular weight excluding hydrogens is 441 g/mol. The van der Waals surface area contributed by atoms with Crippen molar-refractivity contribution in [2.24, 2.45) is 0 Å². The molecule has 2 nitrogen and oxygen atoms in total. The molecule has 110 valence electrons. The van der Waals surface area contributed by atoms with Crippen LogP contribution in [0.5, 0.6) is 0 Å². The molecule has 0 aliphatic heterocycles. The van der Waals surface area contributed by atoms with E-state index in [2.05, 4.69) is 37.2 Å². The Hall–Kier alpha value is -0.550. The number of carbonyl (C=O) groups excluding carboxylic acids is 1. The molecule has 0 saturated heterocycles. The molecule has 0 heterocycles. The monoisotopic (exact) mass is 449 g/mol. The SMILES string of the molecule is O=C(NCCc1ccc(Cl)cc1Cl)c1cc(Br)cc(Br)c1. The zero-order valence-corrected chi connectivity index (χ0v) is 15.5. The van der Waals surface area contributed by atoms with Crippen LogP contribution in [0.15, 0.2) is 45.3 Å². The van der Waals surface area contributed by atoms with E-state index in [9.17, 15) is 4.79 Å².